The molecule has 0 nitrogen and oxygen atoms in total. The lowest BCUT2D eigenvalue weighted by molar-refractivity contribution is 0.445. The molecule has 0 aliphatic heterocycles. The molecule has 4 unspecified atom stereocenters. The van der Waals surface area contributed by atoms with Gasteiger partial charge in [0.25, 0.3) is 0 Å². The van der Waals surface area contributed by atoms with Gasteiger partial charge >= 0.3 is 0 Å². The Morgan fingerprint density at radius 2 is 1.26 bits per heavy atom. The first-order valence-electron chi connectivity index (χ1n) is 22.7. The molecule has 57 heavy (non-hydrogen) atoms. The molecular formula is C57H68. The van der Waals surface area contributed by atoms with Gasteiger partial charge in [0.15, 0.2) is 0 Å². The van der Waals surface area contributed by atoms with Crippen molar-refractivity contribution in [3.8, 4) is 11.1 Å². The molecule has 0 heteroatoms. The molecule has 8 rings (SSSR count). The smallest absolute Gasteiger partial charge is 0.0529 e. The molecule has 0 heterocycles. The summed E-state index contributed by atoms with van der Waals surface area (Å²) >= 11 is 0. The molecule has 0 N–H and O–H groups in total. The predicted molar refractivity (Wildman–Crippen MR) is 247 cm³/mol. The summed E-state index contributed by atoms with van der Waals surface area (Å²) in [7, 11) is 0. The van der Waals surface area contributed by atoms with E-state index in [0.717, 1.165) is 12.8 Å². The van der Waals surface area contributed by atoms with Gasteiger partial charge in [0, 0.05) is 11.3 Å². The maximum Gasteiger partial charge on any atom is 0.0529 e. The highest BCUT2D eigenvalue weighted by Crippen LogP contribution is 2.61. The highest BCUT2D eigenvalue weighted by molar-refractivity contribution is 5.88. The lowest BCUT2D eigenvalue weighted by atomic mass is 9.60. The van der Waals surface area contributed by atoms with E-state index in [1.807, 2.05) is 0 Å². The number of benzene rings is 4. The molecule has 0 saturated carbocycles. The zero-order valence-electron chi connectivity index (χ0n) is 36.9. The van der Waals surface area contributed by atoms with Crippen LogP contribution in [-0.2, 0) is 10.8 Å². The molecule has 0 amide bonds. The minimum Gasteiger partial charge on any atom is -0.0793 e. The number of rotatable bonds is 12. The van der Waals surface area contributed by atoms with Crippen LogP contribution in [0, 0.1) is 19.8 Å². The number of unbranched alkanes of at least 4 members (excludes halogenated alkanes) is 5. The van der Waals surface area contributed by atoms with Crippen LogP contribution in [0.2, 0.25) is 0 Å². The van der Waals surface area contributed by atoms with Gasteiger partial charge in [-0.05, 0) is 137 Å². The van der Waals surface area contributed by atoms with Gasteiger partial charge in [0.1, 0.15) is 0 Å². The summed E-state index contributed by atoms with van der Waals surface area (Å²) < 4.78 is 0. The molecule has 4 aromatic carbocycles. The van der Waals surface area contributed by atoms with Crippen LogP contribution in [0.4, 0.5) is 0 Å². The summed E-state index contributed by atoms with van der Waals surface area (Å²) in [6.45, 7) is 23.5. The summed E-state index contributed by atoms with van der Waals surface area (Å²) in [6, 6.07) is 30.0. The van der Waals surface area contributed by atoms with Crippen LogP contribution in [0.1, 0.15) is 187 Å². The maximum atomic E-state index is 2.68. The highest BCUT2D eigenvalue weighted by Gasteiger charge is 2.50. The topological polar surface area (TPSA) is 0 Å². The van der Waals surface area contributed by atoms with Crippen molar-refractivity contribution in [2.24, 2.45) is 5.92 Å². The van der Waals surface area contributed by atoms with Gasteiger partial charge in [-0.1, -0.05) is 194 Å². The fourth-order valence-corrected chi connectivity index (χ4v) is 11.2. The molecule has 0 bridgehead atoms. The van der Waals surface area contributed by atoms with E-state index in [1.165, 1.54) is 123 Å². The van der Waals surface area contributed by atoms with Gasteiger partial charge in [0.2, 0.25) is 0 Å². The monoisotopic (exact) mass is 753 g/mol. The first-order chi connectivity index (χ1) is 27.4. The average Bonchev–Trinajstić information content (AvgIpc) is 3.63. The van der Waals surface area contributed by atoms with Gasteiger partial charge in [-0.15, -0.1) is 0 Å². The SMILES string of the molecule is CCCCCCCCC1(C)C2=C(C=CC(c3ccc4c(c3)C(c3ccc(C)c(C)c3)(C3C=CC(C)=C(C)C3)c3cc(C(C)C)ccc3-4)C2)c2ccc(C(C)C)cc21. The molecule has 0 fully saturated rings. The van der Waals surface area contributed by atoms with E-state index in [1.54, 1.807) is 11.1 Å². The zero-order valence-corrected chi connectivity index (χ0v) is 36.9. The zero-order chi connectivity index (χ0) is 40.2. The molecule has 4 aliphatic rings. The predicted octanol–water partition coefficient (Wildman–Crippen LogP) is 16.3. The molecular weight excluding hydrogens is 685 g/mol. The lowest BCUT2D eigenvalue weighted by Gasteiger charge is -2.41. The standard InChI is InChI=1S/C57H68/c1-11-12-13-14-15-16-29-56(10)52-32-42(36(2)3)19-25-48(52)49-27-21-44(34-53(49)56)45-22-28-51-50-26-20-43(37(4)5)33-54(50)57(55(51)35-45,46-23-17-38(6)40(8)30-46)47-24-18-39(7)41(9)31-47/h17-28,30,32-33,35-37,44,47H,11-16,29,31,34H2,1-10H3. The fourth-order valence-electron chi connectivity index (χ4n) is 11.2. The molecule has 4 aliphatic carbocycles. The minimum absolute atomic E-state index is 0.0708. The molecule has 4 atom stereocenters. The number of aryl methyl sites for hydroxylation is 2. The Kier molecular flexibility index (Phi) is 10.8. The third-order valence-electron chi connectivity index (χ3n) is 15.2. The van der Waals surface area contributed by atoms with Crippen LogP contribution in [0.3, 0.4) is 0 Å². The van der Waals surface area contributed by atoms with E-state index in [4.69, 9.17) is 0 Å². The van der Waals surface area contributed by atoms with Gasteiger partial charge in [-0.3, -0.25) is 0 Å². The summed E-state index contributed by atoms with van der Waals surface area (Å²) in [4.78, 5) is 0. The van der Waals surface area contributed by atoms with Crippen molar-refractivity contribution in [2.75, 3.05) is 0 Å². The summed E-state index contributed by atoms with van der Waals surface area (Å²) in [6.07, 6.45) is 21.5. The second kappa shape index (κ2) is 15.5. The molecule has 0 radical (unpaired) electrons. The third kappa shape index (κ3) is 6.68. The quantitative estimate of drug-likeness (QED) is 0.126. The van der Waals surface area contributed by atoms with E-state index in [-0.39, 0.29) is 10.8 Å². The van der Waals surface area contributed by atoms with Crippen molar-refractivity contribution in [2.45, 2.75) is 156 Å². The van der Waals surface area contributed by atoms with Gasteiger partial charge in [0.05, 0.1) is 5.41 Å². The van der Waals surface area contributed by atoms with Crippen LogP contribution in [-0.4, -0.2) is 0 Å². The Labute approximate surface area is 346 Å². The van der Waals surface area contributed by atoms with Crippen molar-refractivity contribution in [1.82, 2.24) is 0 Å². The van der Waals surface area contributed by atoms with Crippen molar-refractivity contribution in [1.29, 1.82) is 0 Å². The second-order valence-electron chi connectivity index (χ2n) is 19.4. The van der Waals surface area contributed by atoms with Crippen LogP contribution >= 0.6 is 0 Å². The summed E-state index contributed by atoms with van der Waals surface area (Å²) in [5, 5.41) is 0. The molecule has 0 aromatic heterocycles. The molecule has 0 spiro atoms. The first-order valence-corrected chi connectivity index (χ1v) is 22.7. The van der Waals surface area contributed by atoms with Gasteiger partial charge < -0.3 is 0 Å². The number of fused-ring (bicyclic) bond motifs is 5. The Morgan fingerprint density at radius 1 is 0.614 bits per heavy atom. The average molecular weight is 753 g/mol. The van der Waals surface area contributed by atoms with Crippen LogP contribution in [0.5, 0.6) is 0 Å². The number of allylic oxidation sites excluding steroid dienone is 8. The van der Waals surface area contributed by atoms with E-state index >= 15 is 0 Å². The minimum atomic E-state index is -0.283. The van der Waals surface area contributed by atoms with E-state index < -0.39 is 0 Å². The van der Waals surface area contributed by atoms with Crippen molar-refractivity contribution >= 4 is 5.57 Å². The second-order valence-corrected chi connectivity index (χ2v) is 19.4. The largest absolute Gasteiger partial charge is 0.0793 e. The lowest BCUT2D eigenvalue weighted by Crippen LogP contribution is -2.36. The summed E-state index contributed by atoms with van der Waals surface area (Å²) in [5.74, 6) is 1.65. The third-order valence-corrected chi connectivity index (χ3v) is 15.2. The Hall–Kier alpha value is -4.16. The van der Waals surface area contributed by atoms with Crippen LogP contribution < -0.4 is 0 Å². The first kappa shape index (κ1) is 39.7. The van der Waals surface area contributed by atoms with E-state index in [0.29, 0.717) is 23.7 Å². The van der Waals surface area contributed by atoms with Crippen LogP contribution in [0.15, 0.2) is 114 Å². The van der Waals surface area contributed by atoms with Crippen molar-refractivity contribution in [3.05, 3.63) is 169 Å². The molecule has 4 aromatic rings. The Bertz CT molecular complexity index is 2310. The molecule has 0 saturated heterocycles. The van der Waals surface area contributed by atoms with Gasteiger partial charge in [-0.25, -0.2) is 0 Å². The Morgan fingerprint density at radius 3 is 1.95 bits per heavy atom. The van der Waals surface area contributed by atoms with Crippen molar-refractivity contribution < 1.29 is 0 Å². The normalized spacial score (nSPS) is 23.4. The maximum absolute atomic E-state index is 2.68. The highest BCUT2D eigenvalue weighted by atomic mass is 14.5. The van der Waals surface area contributed by atoms with Crippen molar-refractivity contribution in [3.63, 3.8) is 0 Å². The summed E-state index contributed by atoms with van der Waals surface area (Å²) in [5.41, 5.74) is 23.3. The Balaban J connectivity index is 1.25. The fraction of sp³-hybridized carbons (Fsp3) is 0.439. The van der Waals surface area contributed by atoms with E-state index in [2.05, 4.69) is 166 Å². The van der Waals surface area contributed by atoms with Gasteiger partial charge in [-0.2, -0.15) is 0 Å². The number of hydrogen-bond donors (Lipinski definition) is 0. The molecule has 296 valence electrons. The number of hydrogen-bond acceptors (Lipinski definition) is 0. The van der Waals surface area contributed by atoms with E-state index in [9.17, 15) is 0 Å². The van der Waals surface area contributed by atoms with Crippen LogP contribution in [0.25, 0.3) is 16.7 Å².